The van der Waals surface area contributed by atoms with Gasteiger partial charge in [0.1, 0.15) is 5.82 Å². The van der Waals surface area contributed by atoms with Gasteiger partial charge in [0.15, 0.2) is 5.82 Å². The molecule has 2 aromatic heterocycles. The zero-order valence-electron chi connectivity index (χ0n) is 28.1. The molecule has 0 N–H and O–H groups in total. The predicted octanol–water partition coefficient (Wildman–Crippen LogP) is 11.7. The zero-order valence-corrected chi connectivity index (χ0v) is 28.1. The van der Waals surface area contributed by atoms with E-state index in [-0.39, 0.29) is 0 Å². The summed E-state index contributed by atoms with van der Waals surface area (Å²) < 4.78 is 2.19. The molecule has 51 heavy (non-hydrogen) atoms. The Morgan fingerprint density at radius 2 is 0.941 bits per heavy atom. The predicted molar refractivity (Wildman–Crippen MR) is 210 cm³/mol. The Morgan fingerprint density at radius 1 is 0.412 bits per heavy atom. The van der Waals surface area contributed by atoms with Crippen LogP contribution in [0.2, 0.25) is 0 Å². The van der Waals surface area contributed by atoms with Gasteiger partial charge in [-0.15, -0.1) is 0 Å². The molecule has 0 aliphatic heterocycles. The van der Waals surface area contributed by atoms with E-state index in [1.165, 1.54) is 11.1 Å². The highest BCUT2D eigenvalue weighted by atomic mass is 15.2. The molecule has 0 saturated heterocycles. The summed E-state index contributed by atoms with van der Waals surface area (Å²) in [5.41, 5.74) is 10.9. The molecule has 5 nitrogen and oxygen atoms in total. The summed E-state index contributed by atoms with van der Waals surface area (Å²) in [5.74, 6) is 1.93. The number of hydrogen-bond acceptors (Lipinski definition) is 4. The van der Waals surface area contributed by atoms with Gasteiger partial charge in [0.25, 0.3) is 0 Å². The van der Waals surface area contributed by atoms with Crippen molar-refractivity contribution in [3.8, 4) is 39.6 Å². The van der Waals surface area contributed by atoms with Crippen molar-refractivity contribution >= 4 is 38.9 Å². The van der Waals surface area contributed by atoms with Gasteiger partial charge >= 0.3 is 0 Å². The number of anilines is 3. The van der Waals surface area contributed by atoms with Crippen LogP contribution < -0.4 is 4.90 Å². The van der Waals surface area contributed by atoms with Crippen LogP contribution in [0.15, 0.2) is 182 Å². The number of hydrogen-bond donors (Lipinski definition) is 0. The third kappa shape index (κ3) is 5.61. The van der Waals surface area contributed by atoms with Crippen LogP contribution in [-0.4, -0.2) is 19.5 Å². The molecular formula is C46H33N5. The van der Waals surface area contributed by atoms with Gasteiger partial charge in [-0.25, -0.2) is 4.98 Å². The summed E-state index contributed by atoms with van der Waals surface area (Å²) in [4.78, 5) is 17.0. The molecule has 0 unspecified atom stereocenters. The van der Waals surface area contributed by atoms with E-state index in [4.69, 9.17) is 15.0 Å². The molecule has 0 radical (unpaired) electrons. The largest absolute Gasteiger partial charge is 0.311 e. The van der Waals surface area contributed by atoms with Crippen molar-refractivity contribution in [1.29, 1.82) is 0 Å². The molecule has 0 amide bonds. The van der Waals surface area contributed by atoms with Gasteiger partial charge in [0.05, 0.1) is 11.0 Å². The van der Waals surface area contributed by atoms with E-state index in [9.17, 15) is 0 Å². The zero-order chi connectivity index (χ0) is 34.1. The number of benzene rings is 7. The topological polar surface area (TPSA) is 46.8 Å². The van der Waals surface area contributed by atoms with Crippen molar-refractivity contribution in [3.05, 3.63) is 188 Å². The van der Waals surface area contributed by atoms with Crippen molar-refractivity contribution in [2.45, 2.75) is 6.92 Å². The average Bonchev–Trinajstić information content (AvgIpc) is 3.54. The normalized spacial score (nSPS) is 11.2. The van der Waals surface area contributed by atoms with Crippen LogP contribution in [0, 0.1) is 6.92 Å². The van der Waals surface area contributed by atoms with Crippen molar-refractivity contribution in [2.75, 3.05) is 4.90 Å². The minimum Gasteiger partial charge on any atom is -0.311 e. The highest BCUT2D eigenvalue weighted by Gasteiger charge is 2.20. The average molecular weight is 656 g/mol. The van der Waals surface area contributed by atoms with Gasteiger partial charge in [-0.05, 0) is 66.1 Å². The minimum atomic E-state index is 0.603. The maximum atomic E-state index is 5.05. The lowest BCUT2D eigenvalue weighted by Gasteiger charge is -2.26. The van der Waals surface area contributed by atoms with Crippen molar-refractivity contribution in [3.63, 3.8) is 0 Å². The van der Waals surface area contributed by atoms with E-state index in [0.29, 0.717) is 17.6 Å². The molecule has 0 spiro atoms. The molecule has 2 heterocycles. The molecule has 0 saturated carbocycles. The maximum absolute atomic E-state index is 5.05. The summed E-state index contributed by atoms with van der Waals surface area (Å²) in [6.45, 7) is 1.93. The second-order valence-corrected chi connectivity index (χ2v) is 12.6. The monoisotopic (exact) mass is 655 g/mol. The highest BCUT2D eigenvalue weighted by Crippen LogP contribution is 2.40. The van der Waals surface area contributed by atoms with Crippen LogP contribution in [0.1, 0.15) is 5.82 Å². The summed E-state index contributed by atoms with van der Waals surface area (Å²) in [5, 5.41) is 2.30. The Morgan fingerprint density at radius 3 is 1.63 bits per heavy atom. The lowest BCUT2D eigenvalue weighted by Crippen LogP contribution is -2.09. The Hall–Kier alpha value is -6.85. The maximum Gasteiger partial charge on any atom is 0.238 e. The fraction of sp³-hybridized carbons (Fsp3) is 0.0217. The molecule has 0 bridgehead atoms. The Labute approximate surface area is 296 Å². The highest BCUT2D eigenvalue weighted by molar-refractivity contribution is 6.13. The van der Waals surface area contributed by atoms with E-state index in [0.717, 1.165) is 55.6 Å². The summed E-state index contributed by atoms with van der Waals surface area (Å²) >= 11 is 0. The molecule has 0 aliphatic carbocycles. The van der Waals surface area contributed by atoms with Gasteiger partial charge in [0.2, 0.25) is 5.95 Å². The first-order valence-corrected chi connectivity index (χ1v) is 17.1. The number of para-hydroxylation sites is 3. The first kappa shape index (κ1) is 30.2. The molecule has 9 aromatic rings. The fourth-order valence-corrected chi connectivity index (χ4v) is 6.99. The molecule has 0 atom stereocenters. The molecule has 9 rings (SSSR count). The third-order valence-corrected chi connectivity index (χ3v) is 9.35. The number of nitrogens with zero attached hydrogens (tertiary/aromatic N) is 5. The smallest absolute Gasteiger partial charge is 0.238 e. The van der Waals surface area contributed by atoms with E-state index < -0.39 is 0 Å². The number of rotatable bonds is 7. The van der Waals surface area contributed by atoms with E-state index in [1.807, 2.05) is 43.3 Å². The SMILES string of the molecule is Cc1nc(-c2ccccc2)nc(-n2c3ccccc3c3cccc(-c4ccc(N(c5ccccc5)c5ccc(-c6ccccc6)cc5)cc4)c32)n1. The Kier molecular flexibility index (Phi) is 7.63. The Balaban J connectivity index is 1.17. The van der Waals surface area contributed by atoms with E-state index in [1.54, 1.807) is 0 Å². The standard InChI is InChI=1S/C46H33N5/c1-32-47-45(36-16-7-3-8-17-36)49-46(48-32)51-43-23-12-11-20-41(43)42-22-13-21-40(44(42)51)35-26-30-39(31-27-35)50(37-18-9-4-10-19-37)38-28-24-34(25-29-38)33-14-5-2-6-15-33/h2-31H,1H3. The Bertz CT molecular complexity index is 2610. The summed E-state index contributed by atoms with van der Waals surface area (Å²) in [6, 6.07) is 63.7. The van der Waals surface area contributed by atoms with Crippen LogP contribution in [-0.2, 0) is 0 Å². The lowest BCUT2D eigenvalue weighted by molar-refractivity contribution is 0.907. The van der Waals surface area contributed by atoms with Crippen molar-refractivity contribution in [2.24, 2.45) is 0 Å². The van der Waals surface area contributed by atoms with E-state index >= 15 is 0 Å². The molecule has 7 aromatic carbocycles. The molecule has 0 aliphatic rings. The van der Waals surface area contributed by atoms with Gasteiger partial charge in [-0.2, -0.15) is 9.97 Å². The van der Waals surface area contributed by atoms with Crippen LogP contribution in [0.5, 0.6) is 0 Å². The fourth-order valence-electron chi connectivity index (χ4n) is 6.99. The van der Waals surface area contributed by atoms with Gasteiger partial charge in [-0.3, -0.25) is 4.57 Å². The van der Waals surface area contributed by atoms with E-state index in [2.05, 4.69) is 155 Å². The van der Waals surface area contributed by atoms with Gasteiger partial charge in [0, 0.05) is 39.0 Å². The second kappa shape index (κ2) is 12.9. The first-order chi connectivity index (χ1) is 25.2. The molecule has 242 valence electrons. The molecule has 0 fully saturated rings. The van der Waals surface area contributed by atoms with Crippen molar-refractivity contribution < 1.29 is 0 Å². The number of aromatic nitrogens is 4. The quantitative estimate of drug-likeness (QED) is 0.171. The van der Waals surface area contributed by atoms with Gasteiger partial charge in [-0.1, -0.05) is 140 Å². The third-order valence-electron chi connectivity index (χ3n) is 9.35. The first-order valence-electron chi connectivity index (χ1n) is 17.1. The summed E-state index contributed by atoms with van der Waals surface area (Å²) in [7, 11) is 0. The number of aryl methyl sites for hydroxylation is 1. The second-order valence-electron chi connectivity index (χ2n) is 12.6. The van der Waals surface area contributed by atoms with Crippen LogP contribution >= 0.6 is 0 Å². The minimum absolute atomic E-state index is 0.603. The molecular weight excluding hydrogens is 623 g/mol. The number of fused-ring (bicyclic) bond motifs is 3. The van der Waals surface area contributed by atoms with Crippen LogP contribution in [0.4, 0.5) is 17.1 Å². The molecule has 5 heteroatoms. The van der Waals surface area contributed by atoms with Crippen LogP contribution in [0.25, 0.3) is 61.4 Å². The lowest BCUT2D eigenvalue weighted by atomic mass is 10.0. The van der Waals surface area contributed by atoms with Gasteiger partial charge < -0.3 is 4.90 Å². The summed E-state index contributed by atoms with van der Waals surface area (Å²) in [6.07, 6.45) is 0. The van der Waals surface area contributed by atoms with Crippen LogP contribution in [0.3, 0.4) is 0 Å². The van der Waals surface area contributed by atoms with Crippen molar-refractivity contribution in [1.82, 2.24) is 19.5 Å².